The van der Waals surface area contributed by atoms with Crippen LogP contribution in [0, 0.1) is 0 Å². The van der Waals surface area contributed by atoms with Crippen LogP contribution in [0.25, 0.3) is 0 Å². The molecule has 0 aliphatic carbocycles. The van der Waals surface area contributed by atoms with Gasteiger partial charge in [0.25, 0.3) is 5.56 Å². The number of carbonyl (C=O) groups is 1. The summed E-state index contributed by atoms with van der Waals surface area (Å²) in [5.41, 5.74) is -0.933. The number of amides is 1. The number of aromatic nitrogens is 1. The number of rotatable bonds is 8. The zero-order valence-electron chi connectivity index (χ0n) is 14.6. The molecule has 1 heterocycles. The number of hydrogen-bond acceptors (Lipinski definition) is 4. The molecule has 0 unspecified atom stereocenters. The van der Waals surface area contributed by atoms with Gasteiger partial charge in [0.1, 0.15) is 18.9 Å². The van der Waals surface area contributed by atoms with E-state index in [0.29, 0.717) is 31.2 Å². The van der Waals surface area contributed by atoms with Gasteiger partial charge in [-0.25, -0.2) is 0 Å². The van der Waals surface area contributed by atoms with Gasteiger partial charge in [0, 0.05) is 25.9 Å². The highest BCUT2D eigenvalue weighted by molar-refractivity contribution is 5.75. The number of benzene rings is 1. The number of alkyl halides is 3. The summed E-state index contributed by atoms with van der Waals surface area (Å²) in [4.78, 5) is 23.7. The summed E-state index contributed by atoms with van der Waals surface area (Å²) in [6.45, 7) is 0.457. The lowest BCUT2D eigenvalue weighted by atomic mass is 10.2. The molecule has 0 atom stereocenters. The molecule has 2 rings (SSSR count). The molecule has 146 valence electrons. The van der Waals surface area contributed by atoms with E-state index >= 15 is 0 Å². The molecule has 0 spiro atoms. The first-order valence-electron chi connectivity index (χ1n) is 8.04. The van der Waals surface area contributed by atoms with Crippen LogP contribution in [0.3, 0.4) is 0 Å². The Morgan fingerprint density at radius 2 is 1.96 bits per heavy atom. The van der Waals surface area contributed by atoms with Crippen LogP contribution in [0.15, 0.2) is 47.4 Å². The van der Waals surface area contributed by atoms with Crippen LogP contribution in [0.4, 0.5) is 13.2 Å². The molecule has 27 heavy (non-hydrogen) atoms. The van der Waals surface area contributed by atoms with Gasteiger partial charge in [-0.2, -0.15) is 13.2 Å². The summed E-state index contributed by atoms with van der Waals surface area (Å²) in [5.74, 6) is 0.0232. The molecule has 0 aliphatic heterocycles. The van der Waals surface area contributed by atoms with Crippen LogP contribution >= 0.6 is 0 Å². The van der Waals surface area contributed by atoms with Gasteiger partial charge in [-0.15, -0.1) is 0 Å². The lowest BCUT2D eigenvalue weighted by Gasteiger charge is -2.11. The van der Waals surface area contributed by atoms with Crippen molar-refractivity contribution in [2.75, 3.05) is 20.3 Å². The molecule has 0 saturated carbocycles. The lowest BCUT2D eigenvalue weighted by molar-refractivity contribution is -0.138. The molecule has 1 amide bonds. The predicted molar refractivity (Wildman–Crippen MR) is 91.4 cm³/mol. The first-order chi connectivity index (χ1) is 12.8. The average Bonchev–Trinajstić information content (AvgIpc) is 2.61. The molecule has 6 nitrogen and oxygen atoms in total. The van der Waals surface area contributed by atoms with Gasteiger partial charge in [0.15, 0.2) is 0 Å². The van der Waals surface area contributed by atoms with E-state index in [1.54, 1.807) is 31.4 Å². The van der Waals surface area contributed by atoms with E-state index in [-0.39, 0.29) is 6.54 Å². The van der Waals surface area contributed by atoms with Gasteiger partial charge < -0.3 is 19.4 Å². The summed E-state index contributed by atoms with van der Waals surface area (Å²) < 4.78 is 49.2. The smallest absolute Gasteiger partial charge is 0.417 e. The predicted octanol–water partition coefficient (Wildman–Crippen LogP) is 2.21. The molecule has 1 N–H and O–H groups in total. The maximum absolute atomic E-state index is 12.7. The highest BCUT2D eigenvalue weighted by Gasteiger charge is 2.31. The second kappa shape index (κ2) is 9.22. The van der Waals surface area contributed by atoms with Crippen LogP contribution < -0.4 is 15.6 Å². The minimum absolute atomic E-state index is 0.147. The third kappa shape index (κ3) is 6.45. The molecule has 1 aromatic carbocycles. The molecule has 0 bridgehead atoms. The zero-order valence-corrected chi connectivity index (χ0v) is 14.6. The monoisotopic (exact) mass is 384 g/mol. The van der Waals surface area contributed by atoms with Gasteiger partial charge >= 0.3 is 6.18 Å². The fourth-order valence-corrected chi connectivity index (χ4v) is 2.22. The van der Waals surface area contributed by atoms with Gasteiger partial charge in [0.2, 0.25) is 5.91 Å². The summed E-state index contributed by atoms with van der Waals surface area (Å²) in [7, 11) is 1.56. The van der Waals surface area contributed by atoms with Gasteiger partial charge in [-0.05, 0) is 23.8 Å². The Bertz CT molecular complexity index is 834. The summed E-state index contributed by atoms with van der Waals surface area (Å²) in [6, 6.07) is 8.47. The second-order valence-corrected chi connectivity index (χ2v) is 5.65. The van der Waals surface area contributed by atoms with Crippen LogP contribution in [-0.4, -0.2) is 30.8 Å². The van der Waals surface area contributed by atoms with Gasteiger partial charge in [0.05, 0.1) is 12.2 Å². The van der Waals surface area contributed by atoms with Crippen LogP contribution in [0.1, 0.15) is 11.1 Å². The van der Waals surface area contributed by atoms with Gasteiger partial charge in [-0.1, -0.05) is 12.1 Å². The molecular formula is C18H19F3N2O4. The summed E-state index contributed by atoms with van der Waals surface area (Å²) >= 11 is 0. The fourth-order valence-electron chi connectivity index (χ4n) is 2.22. The first kappa shape index (κ1) is 20.5. The second-order valence-electron chi connectivity index (χ2n) is 5.65. The molecule has 0 saturated heterocycles. The van der Waals surface area contributed by atoms with Crippen molar-refractivity contribution >= 4 is 5.91 Å². The van der Waals surface area contributed by atoms with Crippen molar-refractivity contribution in [1.82, 2.24) is 9.88 Å². The number of hydrogen-bond donors (Lipinski definition) is 1. The number of nitrogens with one attached hydrogen (secondary N) is 1. The topological polar surface area (TPSA) is 69.6 Å². The van der Waals surface area contributed by atoms with E-state index in [4.69, 9.17) is 9.47 Å². The number of methoxy groups -OCH3 is 1. The lowest BCUT2D eigenvalue weighted by Crippen LogP contribution is -2.32. The van der Waals surface area contributed by atoms with E-state index in [0.717, 1.165) is 16.2 Å². The quantitative estimate of drug-likeness (QED) is 0.709. The van der Waals surface area contributed by atoms with Crippen molar-refractivity contribution in [3.8, 4) is 5.75 Å². The molecule has 2 aromatic rings. The van der Waals surface area contributed by atoms with E-state index in [2.05, 4.69) is 5.32 Å². The first-order valence-corrected chi connectivity index (χ1v) is 8.04. The van der Waals surface area contributed by atoms with E-state index in [1.165, 1.54) is 0 Å². The highest BCUT2D eigenvalue weighted by atomic mass is 19.4. The van der Waals surface area contributed by atoms with Crippen LogP contribution in [0.2, 0.25) is 0 Å². The maximum atomic E-state index is 12.7. The van der Waals surface area contributed by atoms with Crippen molar-refractivity contribution in [3.63, 3.8) is 0 Å². The van der Waals surface area contributed by atoms with Gasteiger partial charge in [-0.3, -0.25) is 9.59 Å². The highest BCUT2D eigenvalue weighted by Crippen LogP contribution is 2.27. The molecule has 0 aliphatic rings. The Kier molecular flexibility index (Phi) is 7.00. The Labute approximate surface area is 153 Å². The van der Waals surface area contributed by atoms with E-state index < -0.39 is 29.8 Å². The number of ether oxygens (including phenoxy) is 2. The number of nitrogens with zero attached hydrogens (tertiary/aromatic N) is 1. The fraction of sp³-hybridized carbons (Fsp3) is 0.333. The molecule has 9 heteroatoms. The maximum Gasteiger partial charge on any atom is 0.417 e. The van der Waals surface area contributed by atoms with Crippen molar-refractivity contribution in [2.45, 2.75) is 19.3 Å². The van der Waals surface area contributed by atoms with E-state index in [1.807, 2.05) is 0 Å². The SMILES string of the molecule is COCCOc1cccc(CNC(=O)Cn2cc(C(F)(F)F)ccc2=O)c1. The molecule has 0 fully saturated rings. The molecule has 1 aromatic heterocycles. The van der Waals surface area contributed by atoms with Crippen molar-refractivity contribution in [3.05, 3.63) is 64.1 Å². The average molecular weight is 384 g/mol. The van der Waals surface area contributed by atoms with E-state index in [9.17, 15) is 22.8 Å². The normalized spacial score (nSPS) is 11.3. The number of carbonyl (C=O) groups excluding carboxylic acids is 1. The van der Waals surface area contributed by atoms with Crippen LogP contribution in [-0.2, 0) is 28.8 Å². The molecular weight excluding hydrogens is 365 g/mol. The van der Waals surface area contributed by atoms with Crippen molar-refractivity contribution in [2.24, 2.45) is 0 Å². The number of halogens is 3. The van der Waals surface area contributed by atoms with Crippen LogP contribution in [0.5, 0.6) is 5.75 Å². The Morgan fingerprint density at radius 3 is 2.67 bits per heavy atom. The summed E-state index contributed by atoms with van der Waals surface area (Å²) in [5, 5.41) is 2.57. The Balaban J connectivity index is 1.95. The zero-order chi connectivity index (χ0) is 19.9. The standard InChI is InChI=1S/C18H19F3N2O4/c1-26-7-8-27-15-4-2-3-13(9-15)10-22-16(24)12-23-11-14(18(19,20)21)5-6-17(23)25/h2-6,9,11H,7-8,10,12H2,1H3,(H,22,24). The Hall–Kier alpha value is -2.81. The molecule has 0 radical (unpaired) electrons. The minimum atomic E-state index is -4.59. The van der Waals surface area contributed by atoms with Crippen molar-refractivity contribution < 1.29 is 27.4 Å². The Morgan fingerprint density at radius 1 is 1.19 bits per heavy atom. The van der Waals surface area contributed by atoms with Crippen molar-refractivity contribution in [1.29, 1.82) is 0 Å². The number of pyridine rings is 1. The minimum Gasteiger partial charge on any atom is -0.491 e. The third-order valence-corrected chi connectivity index (χ3v) is 3.57. The third-order valence-electron chi connectivity index (χ3n) is 3.57. The summed E-state index contributed by atoms with van der Waals surface area (Å²) in [6.07, 6.45) is -3.96. The largest absolute Gasteiger partial charge is 0.491 e.